The largest absolute Gasteiger partial charge is 0.550 e. The third-order valence-corrected chi connectivity index (χ3v) is 6.11. The van der Waals surface area contributed by atoms with E-state index in [1.807, 2.05) is 36.4 Å². The summed E-state index contributed by atoms with van der Waals surface area (Å²) in [5.74, 6) is -2.08. The molecule has 8 heteroatoms. The number of carbonyl (C=O) groups excluding carboxylic acids is 4. The van der Waals surface area contributed by atoms with Gasteiger partial charge >= 0.3 is 0 Å². The first-order valence-corrected chi connectivity index (χ1v) is 10.9. The molecule has 8 nitrogen and oxygen atoms in total. The Balaban J connectivity index is 1.51. The van der Waals surface area contributed by atoms with Gasteiger partial charge in [0.2, 0.25) is 11.8 Å². The van der Waals surface area contributed by atoms with Gasteiger partial charge < -0.3 is 25.4 Å². The van der Waals surface area contributed by atoms with Gasteiger partial charge in [-0.1, -0.05) is 50.2 Å². The summed E-state index contributed by atoms with van der Waals surface area (Å²) in [6.07, 6.45) is 0.0660. The average Bonchev–Trinajstić information content (AvgIpc) is 3.12. The van der Waals surface area contributed by atoms with Crippen LogP contribution >= 0.6 is 0 Å². The quantitative estimate of drug-likeness (QED) is 0.695. The normalized spacial score (nSPS) is 19.9. The van der Waals surface area contributed by atoms with Gasteiger partial charge in [-0.15, -0.1) is 0 Å². The number of carbonyl (C=O) groups is 4. The molecule has 4 rings (SSSR count). The summed E-state index contributed by atoms with van der Waals surface area (Å²) in [7, 11) is 0. The summed E-state index contributed by atoms with van der Waals surface area (Å²) in [6.45, 7) is 3.57. The highest BCUT2D eigenvalue weighted by molar-refractivity contribution is 6.10. The third-order valence-electron chi connectivity index (χ3n) is 6.11. The highest BCUT2D eigenvalue weighted by atomic mass is 16.4. The van der Waals surface area contributed by atoms with E-state index in [0.717, 1.165) is 11.1 Å². The Hall–Kier alpha value is -3.68. The highest BCUT2D eigenvalue weighted by Crippen LogP contribution is 2.32. The van der Waals surface area contributed by atoms with Gasteiger partial charge in [-0.2, -0.15) is 0 Å². The Morgan fingerprint density at radius 1 is 1.09 bits per heavy atom. The molecule has 0 spiro atoms. The molecular formula is C25H26N3O5-. The van der Waals surface area contributed by atoms with E-state index in [1.54, 1.807) is 26.0 Å². The molecule has 2 aromatic rings. The molecule has 0 saturated carbocycles. The summed E-state index contributed by atoms with van der Waals surface area (Å²) < 4.78 is 0. The SMILES string of the molecule is CC(C)(CC(=O)[O-])CC(=O)N[C@H]1C[C@H]2C(=O)Nc3ccc(-c4ccccc4)cc3C(=O)N2C1. The number of fused-ring (bicyclic) bond motifs is 2. The molecule has 2 atom stereocenters. The Morgan fingerprint density at radius 2 is 1.82 bits per heavy atom. The van der Waals surface area contributed by atoms with Crippen molar-refractivity contribution in [1.29, 1.82) is 0 Å². The van der Waals surface area contributed by atoms with E-state index in [4.69, 9.17) is 0 Å². The summed E-state index contributed by atoms with van der Waals surface area (Å²) in [6, 6.07) is 14.0. The van der Waals surface area contributed by atoms with E-state index in [0.29, 0.717) is 17.7 Å². The fraction of sp³-hybridized carbons (Fsp3) is 0.360. The predicted molar refractivity (Wildman–Crippen MR) is 120 cm³/mol. The molecule has 2 aromatic carbocycles. The second-order valence-corrected chi connectivity index (χ2v) is 9.48. The van der Waals surface area contributed by atoms with E-state index < -0.39 is 23.5 Å². The summed E-state index contributed by atoms with van der Waals surface area (Å²) in [5.41, 5.74) is 1.96. The molecule has 2 heterocycles. The van der Waals surface area contributed by atoms with Crippen molar-refractivity contribution < 1.29 is 24.3 Å². The van der Waals surface area contributed by atoms with Crippen LogP contribution in [0.2, 0.25) is 0 Å². The van der Waals surface area contributed by atoms with Crippen LogP contribution in [0.1, 0.15) is 43.5 Å². The van der Waals surface area contributed by atoms with Crippen molar-refractivity contribution in [3.63, 3.8) is 0 Å². The van der Waals surface area contributed by atoms with Crippen molar-refractivity contribution in [3.05, 3.63) is 54.1 Å². The molecule has 2 N–H and O–H groups in total. The molecule has 0 unspecified atom stereocenters. The molecule has 3 amide bonds. The summed E-state index contributed by atoms with van der Waals surface area (Å²) >= 11 is 0. The van der Waals surface area contributed by atoms with Crippen molar-refractivity contribution in [1.82, 2.24) is 10.2 Å². The standard InChI is InChI=1S/C25H27N3O5/c1-25(2,13-22(30)31)12-21(29)26-17-11-20-23(32)27-19-9-8-16(15-6-4-3-5-7-15)10-18(19)24(33)28(20)14-17/h3-10,17,20H,11-14H2,1-2H3,(H,26,29)(H,27,32)(H,30,31)/p-1/t17-,20-/m0/s1. The van der Waals surface area contributed by atoms with Gasteiger partial charge in [0.15, 0.2) is 0 Å². The number of nitrogens with one attached hydrogen (secondary N) is 2. The maximum absolute atomic E-state index is 13.4. The van der Waals surface area contributed by atoms with Crippen LogP contribution in [0.3, 0.4) is 0 Å². The second-order valence-electron chi connectivity index (χ2n) is 9.48. The number of hydrogen-bond acceptors (Lipinski definition) is 5. The Morgan fingerprint density at radius 3 is 2.52 bits per heavy atom. The molecule has 2 aliphatic rings. The number of aliphatic carboxylic acids is 1. The van der Waals surface area contributed by atoms with Gasteiger partial charge in [0.05, 0.1) is 11.3 Å². The summed E-state index contributed by atoms with van der Waals surface area (Å²) in [5, 5.41) is 16.6. The first kappa shape index (κ1) is 22.5. The van der Waals surface area contributed by atoms with Gasteiger partial charge in [0, 0.05) is 25.0 Å². The molecule has 0 aliphatic carbocycles. The highest BCUT2D eigenvalue weighted by Gasteiger charge is 2.43. The lowest BCUT2D eigenvalue weighted by Crippen LogP contribution is -2.41. The van der Waals surface area contributed by atoms with Crippen molar-refractivity contribution in [2.75, 3.05) is 11.9 Å². The molecule has 0 aromatic heterocycles. The molecule has 1 fully saturated rings. The van der Waals surface area contributed by atoms with Crippen LogP contribution in [-0.2, 0) is 14.4 Å². The van der Waals surface area contributed by atoms with E-state index in [1.165, 1.54) is 4.90 Å². The maximum Gasteiger partial charge on any atom is 0.256 e. The predicted octanol–water partition coefficient (Wildman–Crippen LogP) is 1.56. The van der Waals surface area contributed by atoms with Crippen LogP contribution in [-0.4, -0.2) is 47.2 Å². The monoisotopic (exact) mass is 448 g/mol. The van der Waals surface area contributed by atoms with Gasteiger partial charge in [0.25, 0.3) is 5.91 Å². The van der Waals surface area contributed by atoms with Crippen LogP contribution in [0.25, 0.3) is 11.1 Å². The topological polar surface area (TPSA) is 119 Å². The lowest BCUT2D eigenvalue weighted by atomic mass is 9.85. The fourth-order valence-corrected chi connectivity index (χ4v) is 4.59. The molecule has 2 aliphatic heterocycles. The molecule has 0 radical (unpaired) electrons. The number of benzene rings is 2. The van der Waals surface area contributed by atoms with Gasteiger partial charge in [-0.25, -0.2) is 0 Å². The van der Waals surface area contributed by atoms with E-state index in [9.17, 15) is 24.3 Å². The smallest absolute Gasteiger partial charge is 0.256 e. The van der Waals surface area contributed by atoms with Gasteiger partial charge in [-0.05, 0) is 41.5 Å². The Labute approximate surface area is 192 Å². The minimum absolute atomic E-state index is 0.00551. The van der Waals surface area contributed by atoms with Crippen LogP contribution in [0, 0.1) is 5.41 Å². The molecule has 0 bridgehead atoms. The number of carboxylic acid groups (broad SMARTS) is 1. The van der Waals surface area contributed by atoms with E-state index >= 15 is 0 Å². The number of hydrogen-bond donors (Lipinski definition) is 2. The number of amides is 3. The zero-order chi connectivity index (χ0) is 23.8. The zero-order valence-electron chi connectivity index (χ0n) is 18.6. The third kappa shape index (κ3) is 4.89. The maximum atomic E-state index is 13.4. The number of carboxylic acids is 1. The van der Waals surface area contributed by atoms with Crippen LogP contribution < -0.4 is 15.7 Å². The second kappa shape index (κ2) is 8.69. The molecule has 1 saturated heterocycles. The minimum atomic E-state index is -1.21. The number of rotatable bonds is 6. The van der Waals surface area contributed by atoms with E-state index in [-0.39, 0.29) is 37.1 Å². The summed E-state index contributed by atoms with van der Waals surface area (Å²) in [4.78, 5) is 51.1. The first-order valence-electron chi connectivity index (χ1n) is 10.9. The Kier molecular flexibility index (Phi) is 5.93. The molecule has 172 valence electrons. The number of nitrogens with zero attached hydrogens (tertiary/aromatic N) is 1. The van der Waals surface area contributed by atoms with Crippen molar-refractivity contribution in [3.8, 4) is 11.1 Å². The lowest BCUT2D eigenvalue weighted by molar-refractivity contribution is -0.307. The van der Waals surface area contributed by atoms with Crippen LogP contribution in [0.15, 0.2) is 48.5 Å². The van der Waals surface area contributed by atoms with Gasteiger partial charge in [-0.3, -0.25) is 14.4 Å². The first-order chi connectivity index (χ1) is 15.6. The van der Waals surface area contributed by atoms with Gasteiger partial charge in [0.1, 0.15) is 6.04 Å². The zero-order valence-corrected chi connectivity index (χ0v) is 18.6. The van der Waals surface area contributed by atoms with Crippen LogP contribution in [0.4, 0.5) is 5.69 Å². The lowest BCUT2D eigenvalue weighted by Gasteiger charge is -2.25. The molecular weight excluding hydrogens is 422 g/mol. The van der Waals surface area contributed by atoms with E-state index in [2.05, 4.69) is 10.6 Å². The van der Waals surface area contributed by atoms with Crippen molar-refractivity contribution in [2.45, 2.75) is 45.2 Å². The van der Waals surface area contributed by atoms with Crippen molar-refractivity contribution >= 4 is 29.4 Å². The average molecular weight is 448 g/mol. The Bertz CT molecular complexity index is 1110. The van der Waals surface area contributed by atoms with Crippen molar-refractivity contribution in [2.24, 2.45) is 5.41 Å². The minimum Gasteiger partial charge on any atom is -0.550 e. The van der Waals surface area contributed by atoms with Crippen LogP contribution in [0.5, 0.6) is 0 Å². The molecule has 33 heavy (non-hydrogen) atoms. The fourth-order valence-electron chi connectivity index (χ4n) is 4.59. The number of anilines is 1.